The van der Waals surface area contributed by atoms with Crippen molar-refractivity contribution in [3.8, 4) is 0 Å². The fraction of sp³-hybridized carbons (Fsp3) is 0.812. The SMILES string of the molecule is CCOC(C)(C)CC(=O)NCCOP(=O)(O)OCC(COC(=O)NC)OC(=O)SC. The second-order valence-electron chi connectivity index (χ2n) is 6.36. The number of phosphoric acid groups is 1. The van der Waals surface area contributed by atoms with E-state index in [1.807, 2.05) is 6.92 Å². The van der Waals surface area contributed by atoms with Crippen molar-refractivity contribution in [2.75, 3.05) is 46.3 Å². The zero-order chi connectivity index (χ0) is 23.2. The van der Waals surface area contributed by atoms with Crippen molar-refractivity contribution in [1.29, 1.82) is 0 Å². The van der Waals surface area contributed by atoms with Crippen LogP contribution in [0.2, 0.25) is 0 Å². The number of hydrogen-bond acceptors (Lipinski definition) is 10. The van der Waals surface area contributed by atoms with Gasteiger partial charge in [-0.2, -0.15) is 0 Å². The van der Waals surface area contributed by atoms with Gasteiger partial charge in [-0.25, -0.2) is 14.2 Å². The summed E-state index contributed by atoms with van der Waals surface area (Å²) < 4.78 is 36.6. The topological polar surface area (TPSA) is 159 Å². The van der Waals surface area contributed by atoms with E-state index in [2.05, 4.69) is 10.6 Å². The predicted octanol–water partition coefficient (Wildman–Crippen LogP) is 1.67. The molecule has 0 radical (unpaired) electrons. The molecular weight excluding hydrogens is 443 g/mol. The standard InChI is InChI=1S/C16H31N2O10PS/c1-6-25-16(2,3)9-13(19)18-7-8-26-29(22,23)27-11-12(28-15(21)30-5)10-24-14(20)17-4/h12H,6-11H2,1-5H3,(H,17,20)(H,18,19)(H,22,23). The lowest BCUT2D eigenvalue weighted by atomic mass is 10.0. The Hall–Kier alpha value is -1.37. The Morgan fingerprint density at radius 1 is 1.20 bits per heavy atom. The average Bonchev–Trinajstić information content (AvgIpc) is 2.66. The van der Waals surface area contributed by atoms with Gasteiger partial charge in [0, 0.05) is 20.2 Å². The molecule has 0 aliphatic rings. The molecule has 0 heterocycles. The highest BCUT2D eigenvalue weighted by atomic mass is 32.2. The number of ether oxygens (including phenoxy) is 3. The second kappa shape index (κ2) is 14.6. The minimum Gasteiger partial charge on any atom is -0.448 e. The molecule has 30 heavy (non-hydrogen) atoms. The molecule has 2 amide bonds. The van der Waals surface area contributed by atoms with E-state index in [1.54, 1.807) is 13.8 Å². The van der Waals surface area contributed by atoms with Crippen LogP contribution in [0.15, 0.2) is 0 Å². The number of nitrogens with one attached hydrogen (secondary N) is 2. The predicted molar refractivity (Wildman–Crippen MR) is 109 cm³/mol. The number of thioether (sulfide) groups is 1. The van der Waals surface area contributed by atoms with Crippen LogP contribution in [0.25, 0.3) is 0 Å². The first-order valence-electron chi connectivity index (χ1n) is 9.06. The molecule has 0 aromatic rings. The minimum atomic E-state index is -4.49. The summed E-state index contributed by atoms with van der Waals surface area (Å²) in [6.45, 7) is 4.58. The van der Waals surface area contributed by atoms with Crippen LogP contribution in [0.5, 0.6) is 0 Å². The maximum absolute atomic E-state index is 11.9. The molecule has 3 N–H and O–H groups in total. The van der Waals surface area contributed by atoms with E-state index in [1.165, 1.54) is 13.3 Å². The number of alkyl carbamates (subject to hydrolysis) is 1. The number of amides is 2. The van der Waals surface area contributed by atoms with E-state index in [9.17, 15) is 23.8 Å². The summed E-state index contributed by atoms with van der Waals surface area (Å²) in [7, 11) is -3.15. The van der Waals surface area contributed by atoms with Crippen LogP contribution in [0.1, 0.15) is 27.2 Å². The van der Waals surface area contributed by atoms with Crippen LogP contribution < -0.4 is 10.6 Å². The summed E-state index contributed by atoms with van der Waals surface area (Å²) in [4.78, 5) is 44.1. The highest BCUT2D eigenvalue weighted by Crippen LogP contribution is 2.43. The van der Waals surface area contributed by atoms with Gasteiger partial charge in [0.1, 0.15) is 6.61 Å². The molecule has 0 bridgehead atoms. The lowest BCUT2D eigenvalue weighted by Crippen LogP contribution is -2.35. The number of phosphoric ester groups is 1. The number of carbonyl (C=O) groups excluding carboxylic acids is 3. The Bertz CT molecular complexity index is 605. The highest BCUT2D eigenvalue weighted by molar-refractivity contribution is 8.12. The maximum atomic E-state index is 11.9. The Morgan fingerprint density at radius 3 is 2.43 bits per heavy atom. The van der Waals surface area contributed by atoms with Gasteiger partial charge < -0.3 is 29.7 Å². The van der Waals surface area contributed by atoms with Crippen molar-refractivity contribution in [2.45, 2.75) is 38.9 Å². The molecule has 2 unspecified atom stereocenters. The summed E-state index contributed by atoms with van der Waals surface area (Å²) in [5.41, 5.74) is -0.630. The van der Waals surface area contributed by atoms with Crippen molar-refractivity contribution in [1.82, 2.24) is 10.6 Å². The van der Waals surface area contributed by atoms with E-state index in [4.69, 9.17) is 23.3 Å². The van der Waals surface area contributed by atoms with Gasteiger partial charge in [0.05, 0.1) is 25.2 Å². The molecule has 0 saturated carbocycles. The second-order valence-corrected chi connectivity index (χ2v) is 8.55. The van der Waals surface area contributed by atoms with Gasteiger partial charge in [-0.05, 0) is 38.8 Å². The third-order valence-corrected chi connectivity index (χ3v) is 4.67. The van der Waals surface area contributed by atoms with Gasteiger partial charge in [0.25, 0.3) is 0 Å². The molecule has 0 saturated heterocycles. The van der Waals surface area contributed by atoms with Crippen molar-refractivity contribution >= 4 is 36.9 Å². The van der Waals surface area contributed by atoms with Crippen molar-refractivity contribution in [3.05, 3.63) is 0 Å². The molecule has 2 atom stereocenters. The third kappa shape index (κ3) is 14.6. The van der Waals surface area contributed by atoms with Gasteiger partial charge in [0.2, 0.25) is 5.91 Å². The van der Waals surface area contributed by atoms with Crippen molar-refractivity contribution in [3.63, 3.8) is 0 Å². The Morgan fingerprint density at radius 2 is 1.87 bits per heavy atom. The molecule has 0 spiro atoms. The zero-order valence-electron chi connectivity index (χ0n) is 17.8. The smallest absolute Gasteiger partial charge is 0.448 e. The van der Waals surface area contributed by atoms with Crippen LogP contribution in [0, 0.1) is 0 Å². The Balaban J connectivity index is 4.39. The maximum Gasteiger partial charge on any atom is 0.472 e. The third-order valence-electron chi connectivity index (χ3n) is 3.26. The van der Waals surface area contributed by atoms with E-state index in [0.29, 0.717) is 6.61 Å². The first kappa shape index (κ1) is 28.6. The summed E-state index contributed by atoms with van der Waals surface area (Å²) >= 11 is 0.768. The fourth-order valence-electron chi connectivity index (χ4n) is 2.00. The van der Waals surface area contributed by atoms with Crippen molar-refractivity contribution < 1.29 is 47.1 Å². The van der Waals surface area contributed by atoms with Gasteiger partial charge >= 0.3 is 19.2 Å². The molecule has 0 aliphatic carbocycles. The number of hydrogen-bond donors (Lipinski definition) is 3. The van der Waals surface area contributed by atoms with E-state index < -0.39 is 44.1 Å². The summed E-state index contributed by atoms with van der Waals surface area (Å²) in [6, 6.07) is 0. The molecular formula is C16H31N2O10PS. The normalized spacial score (nSPS) is 14.3. The molecule has 12 nitrogen and oxygen atoms in total. The molecule has 0 aromatic carbocycles. The van der Waals surface area contributed by atoms with Gasteiger partial charge in [0.15, 0.2) is 6.10 Å². The molecule has 0 aliphatic heterocycles. The van der Waals surface area contributed by atoms with Gasteiger partial charge in [-0.15, -0.1) is 0 Å². The molecule has 0 rings (SSSR count). The number of rotatable bonds is 14. The largest absolute Gasteiger partial charge is 0.472 e. The van der Waals surface area contributed by atoms with Crippen LogP contribution in [-0.4, -0.2) is 80.2 Å². The fourth-order valence-corrected chi connectivity index (χ4v) is 2.98. The van der Waals surface area contributed by atoms with Crippen LogP contribution in [0.3, 0.4) is 0 Å². The van der Waals surface area contributed by atoms with Crippen LogP contribution in [-0.2, 0) is 32.6 Å². The molecule has 0 fully saturated rings. The molecule has 14 heteroatoms. The minimum absolute atomic E-state index is 0.0282. The lowest BCUT2D eigenvalue weighted by molar-refractivity contribution is -0.127. The van der Waals surface area contributed by atoms with E-state index in [0.717, 1.165) is 11.8 Å². The van der Waals surface area contributed by atoms with Crippen LogP contribution >= 0.6 is 19.6 Å². The average molecular weight is 474 g/mol. The van der Waals surface area contributed by atoms with E-state index in [-0.39, 0.29) is 25.5 Å². The summed E-state index contributed by atoms with van der Waals surface area (Å²) in [5, 5.41) is 4.06. The van der Waals surface area contributed by atoms with Gasteiger partial charge in [-0.1, -0.05) is 0 Å². The summed E-state index contributed by atoms with van der Waals surface area (Å²) in [5.74, 6) is -0.305. The van der Waals surface area contributed by atoms with E-state index >= 15 is 0 Å². The lowest BCUT2D eigenvalue weighted by Gasteiger charge is -2.23. The monoisotopic (exact) mass is 474 g/mol. The quantitative estimate of drug-likeness (QED) is 0.191. The Labute approximate surface area is 180 Å². The zero-order valence-corrected chi connectivity index (χ0v) is 19.5. The molecule has 0 aromatic heterocycles. The van der Waals surface area contributed by atoms with Gasteiger partial charge in [-0.3, -0.25) is 13.8 Å². The first-order chi connectivity index (χ1) is 13.9. The number of carbonyl (C=O) groups is 3. The van der Waals surface area contributed by atoms with Crippen molar-refractivity contribution in [2.24, 2.45) is 0 Å². The molecule has 176 valence electrons. The first-order valence-corrected chi connectivity index (χ1v) is 11.8. The van der Waals surface area contributed by atoms with Crippen LogP contribution in [0.4, 0.5) is 9.59 Å². The highest BCUT2D eigenvalue weighted by Gasteiger charge is 2.26. The Kier molecular flexibility index (Phi) is 13.9. The summed E-state index contributed by atoms with van der Waals surface area (Å²) in [6.07, 6.45) is -0.301.